The van der Waals surface area contributed by atoms with Crippen LogP contribution in [0.25, 0.3) is 5.52 Å². The van der Waals surface area contributed by atoms with E-state index in [0.717, 1.165) is 31.4 Å². The minimum atomic E-state index is -0.100. The predicted octanol–water partition coefficient (Wildman–Crippen LogP) is 2.59. The highest BCUT2D eigenvalue weighted by atomic mass is 35.5. The van der Waals surface area contributed by atoms with Crippen LogP contribution in [0, 0.1) is 5.92 Å². The molecule has 5 nitrogen and oxygen atoms in total. The van der Waals surface area contributed by atoms with Gasteiger partial charge in [-0.25, -0.2) is 4.98 Å². The topological polar surface area (TPSA) is 49.6 Å². The molecule has 5 heterocycles. The van der Waals surface area contributed by atoms with Gasteiger partial charge >= 0.3 is 0 Å². The second-order valence-electron chi connectivity index (χ2n) is 7.15. The first kappa shape index (κ1) is 15.0. The Labute approximate surface area is 140 Å². The minimum Gasteiger partial charge on any atom is -0.346 e. The van der Waals surface area contributed by atoms with Crippen LogP contribution in [0.1, 0.15) is 37.2 Å². The van der Waals surface area contributed by atoms with Crippen molar-refractivity contribution < 1.29 is 4.79 Å². The zero-order valence-corrected chi connectivity index (χ0v) is 14.2. The summed E-state index contributed by atoms with van der Waals surface area (Å²) >= 11 is 6.06. The average Bonchev–Trinajstić information content (AvgIpc) is 2.92. The van der Waals surface area contributed by atoms with E-state index in [-0.39, 0.29) is 17.5 Å². The highest BCUT2D eigenvalue weighted by Crippen LogP contribution is 2.39. The Hall–Kier alpha value is -1.59. The fourth-order valence-corrected chi connectivity index (χ4v) is 4.40. The van der Waals surface area contributed by atoms with Crippen LogP contribution >= 0.6 is 11.6 Å². The molecule has 3 aliphatic heterocycles. The number of nitrogens with one attached hydrogen (secondary N) is 1. The van der Waals surface area contributed by atoms with Gasteiger partial charge in [-0.15, -0.1) is 0 Å². The van der Waals surface area contributed by atoms with Crippen LogP contribution in [0.4, 0.5) is 0 Å². The number of hydrogen-bond donors (Lipinski definition) is 1. The standard InChI is InChI=1S/C17H21ClN4O/c1-17(2)15(11-5-7-21(17)8-6-11)20-16(23)13-9-12-3-4-14(18)22(12)10-19-13/h3-4,9-11,15H,5-8H2,1-2H3,(H,20,23). The average molecular weight is 333 g/mol. The van der Waals surface area contributed by atoms with E-state index >= 15 is 0 Å². The molecule has 0 spiro atoms. The second-order valence-corrected chi connectivity index (χ2v) is 7.54. The lowest BCUT2D eigenvalue weighted by Gasteiger charge is -2.56. The maximum atomic E-state index is 12.7. The Kier molecular flexibility index (Phi) is 3.39. The number of amides is 1. The lowest BCUT2D eigenvalue weighted by Crippen LogP contribution is -2.69. The normalized spacial score (nSPS) is 28.9. The first-order chi connectivity index (χ1) is 11.0. The maximum absolute atomic E-state index is 12.7. The molecular formula is C17H21ClN4O. The fraction of sp³-hybridized carbons (Fsp3) is 0.529. The number of aromatic nitrogens is 2. The van der Waals surface area contributed by atoms with Crippen LogP contribution in [-0.4, -0.2) is 44.9 Å². The second kappa shape index (κ2) is 5.21. The summed E-state index contributed by atoms with van der Waals surface area (Å²) in [6.07, 6.45) is 3.93. The first-order valence-electron chi connectivity index (χ1n) is 8.15. The minimum absolute atomic E-state index is 0.000701. The van der Waals surface area contributed by atoms with Crippen molar-refractivity contribution in [1.29, 1.82) is 0 Å². The summed E-state index contributed by atoms with van der Waals surface area (Å²) in [6.45, 7) is 6.73. The molecule has 122 valence electrons. The van der Waals surface area contributed by atoms with E-state index in [4.69, 9.17) is 11.6 Å². The molecule has 0 saturated carbocycles. The summed E-state index contributed by atoms with van der Waals surface area (Å²) in [5.41, 5.74) is 1.32. The molecule has 0 aliphatic carbocycles. The van der Waals surface area contributed by atoms with E-state index in [2.05, 4.69) is 29.0 Å². The SMILES string of the molecule is CC1(C)C(NC(=O)c2cc3ccc(Cl)n3cn2)C2CCN1CC2. The third kappa shape index (κ3) is 2.34. The molecule has 0 aromatic carbocycles. The molecule has 2 bridgehead atoms. The molecule has 2 aromatic rings. The van der Waals surface area contributed by atoms with Crippen molar-refractivity contribution in [3.63, 3.8) is 0 Å². The predicted molar refractivity (Wildman–Crippen MR) is 89.8 cm³/mol. The molecule has 3 fully saturated rings. The van der Waals surface area contributed by atoms with E-state index in [1.807, 2.05) is 6.07 Å². The van der Waals surface area contributed by atoms with Crippen molar-refractivity contribution >= 4 is 23.0 Å². The third-order valence-corrected chi connectivity index (χ3v) is 5.91. The van der Waals surface area contributed by atoms with E-state index in [9.17, 15) is 4.79 Å². The highest BCUT2D eigenvalue weighted by Gasteiger charge is 2.48. The molecule has 1 amide bonds. The number of rotatable bonds is 2. The van der Waals surface area contributed by atoms with E-state index in [0.29, 0.717) is 16.8 Å². The van der Waals surface area contributed by atoms with Crippen LogP contribution in [0.2, 0.25) is 5.15 Å². The summed E-state index contributed by atoms with van der Waals surface area (Å²) in [5.74, 6) is 0.460. The van der Waals surface area contributed by atoms with Gasteiger partial charge in [0.15, 0.2) is 0 Å². The van der Waals surface area contributed by atoms with Crippen molar-refractivity contribution in [3.8, 4) is 0 Å². The quantitative estimate of drug-likeness (QED) is 0.919. The number of nitrogens with zero attached hydrogens (tertiary/aromatic N) is 3. The summed E-state index contributed by atoms with van der Waals surface area (Å²) in [5, 5.41) is 3.84. The fourth-order valence-electron chi connectivity index (χ4n) is 4.19. The molecule has 23 heavy (non-hydrogen) atoms. The van der Waals surface area contributed by atoms with Gasteiger partial charge < -0.3 is 5.32 Å². The Morgan fingerprint density at radius 3 is 2.78 bits per heavy atom. The molecule has 6 heteroatoms. The Balaban J connectivity index is 1.59. The van der Waals surface area contributed by atoms with Gasteiger partial charge in [0.05, 0.1) is 5.52 Å². The molecule has 1 unspecified atom stereocenters. The molecular weight excluding hydrogens is 312 g/mol. The summed E-state index contributed by atoms with van der Waals surface area (Å²) in [7, 11) is 0. The van der Waals surface area contributed by atoms with Gasteiger partial charge in [-0.2, -0.15) is 0 Å². The molecule has 1 atom stereocenters. The lowest BCUT2D eigenvalue weighted by molar-refractivity contribution is -0.0378. The van der Waals surface area contributed by atoms with Crippen molar-refractivity contribution in [3.05, 3.63) is 35.4 Å². The number of piperidine rings is 3. The number of carbonyl (C=O) groups is 1. The zero-order valence-electron chi connectivity index (χ0n) is 13.4. The van der Waals surface area contributed by atoms with E-state index < -0.39 is 0 Å². The third-order valence-electron chi connectivity index (χ3n) is 5.60. The van der Waals surface area contributed by atoms with Gasteiger partial charge in [-0.1, -0.05) is 11.6 Å². The highest BCUT2D eigenvalue weighted by molar-refractivity contribution is 6.30. The van der Waals surface area contributed by atoms with Gasteiger partial charge in [-0.3, -0.25) is 14.1 Å². The largest absolute Gasteiger partial charge is 0.346 e. The van der Waals surface area contributed by atoms with Crippen molar-refractivity contribution in [2.45, 2.75) is 38.3 Å². The lowest BCUT2D eigenvalue weighted by atomic mass is 9.72. The maximum Gasteiger partial charge on any atom is 0.270 e. The van der Waals surface area contributed by atoms with Crippen LogP contribution in [0.5, 0.6) is 0 Å². The summed E-state index contributed by atoms with van der Waals surface area (Å²) < 4.78 is 1.76. The summed E-state index contributed by atoms with van der Waals surface area (Å²) in [6, 6.07) is 5.65. The first-order valence-corrected chi connectivity index (χ1v) is 8.53. The summed E-state index contributed by atoms with van der Waals surface area (Å²) in [4.78, 5) is 19.4. The molecule has 1 N–H and O–H groups in total. The van der Waals surface area contributed by atoms with E-state index in [1.54, 1.807) is 22.9 Å². The molecule has 2 aromatic heterocycles. The molecule has 3 saturated heterocycles. The van der Waals surface area contributed by atoms with Crippen molar-refractivity contribution in [2.75, 3.05) is 13.1 Å². The zero-order chi connectivity index (χ0) is 16.2. The smallest absolute Gasteiger partial charge is 0.270 e. The van der Waals surface area contributed by atoms with Crippen molar-refractivity contribution in [2.24, 2.45) is 5.92 Å². The Bertz CT molecular complexity index is 761. The number of carbonyl (C=O) groups excluding carboxylic acids is 1. The van der Waals surface area contributed by atoms with Gasteiger partial charge in [0, 0.05) is 11.6 Å². The van der Waals surface area contributed by atoms with Crippen molar-refractivity contribution in [1.82, 2.24) is 19.6 Å². The van der Waals surface area contributed by atoms with Crippen LogP contribution in [-0.2, 0) is 0 Å². The van der Waals surface area contributed by atoms with Gasteiger partial charge in [0.2, 0.25) is 0 Å². The van der Waals surface area contributed by atoms with Gasteiger partial charge in [0.1, 0.15) is 17.2 Å². The Morgan fingerprint density at radius 1 is 1.35 bits per heavy atom. The van der Waals surface area contributed by atoms with Crippen LogP contribution in [0.15, 0.2) is 24.5 Å². The van der Waals surface area contributed by atoms with Crippen LogP contribution < -0.4 is 5.32 Å². The van der Waals surface area contributed by atoms with Gasteiger partial charge in [-0.05, 0) is 63.9 Å². The molecule has 3 aliphatic rings. The monoisotopic (exact) mass is 332 g/mol. The van der Waals surface area contributed by atoms with Gasteiger partial charge in [0.25, 0.3) is 5.91 Å². The Morgan fingerprint density at radius 2 is 2.09 bits per heavy atom. The number of fused-ring (bicyclic) bond motifs is 4. The molecule has 5 rings (SSSR count). The van der Waals surface area contributed by atoms with E-state index in [1.165, 1.54) is 0 Å². The van der Waals surface area contributed by atoms with Crippen LogP contribution in [0.3, 0.4) is 0 Å². The number of halogens is 1. The molecule has 0 radical (unpaired) electrons. The number of hydrogen-bond acceptors (Lipinski definition) is 3.